The summed E-state index contributed by atoms with van der Waals surface area (Å²) in [5.74, 6) is -0.181. The number of aryl methyl sites for hydroxylation is 1. The number of benzene rings is 1. The number of fused-ring (bicyclic) bond motifs is 1. The number of hydrogen-bond donors (Lipinski definition) is 1. The van der Waals surface area contributed by atoms with Crippen molar-refractivity contribution in [3.05, 3.63) is 64.7 Å². The van der Waals surface area contributed by atoms with Crippen molar-refractivity contribution in [2.45, 2.75) is 13.0 Å². The molecule has 0 saturated carbocycles. The summed E-state index contributed by atoms with van der Waals surface area (Å²) in [5.41, 5.74) is 2.17. The maximum atomic E-state index is 12.2. The Morgan fingerprint density at radius 1 is 1.17 bits per heavy atom. The Morgan fingerprint density at radius 2 is 1.96 bits per heavy atom. The highest BCUT2D eigenvalue weighted by Gasteiger charge is 2.13. The lowest BCUT2D eigenvalue weighted by Crippen LogP contribution is -2.33. The van der Waals surface area contributed by atoms with Gasteiger partial charge in [0.15, 0.2) is 5.65 Å². The lowest BCUT2D eigenvalue weighted by Gasteiger charge is -2.06. The monoisotopic (exact) mass is 310 g/mol. The first-order valence-electron chi connectivity index (χ1n) is 7.47. The van der Waals surface area contributed by atoms with Gasteiger partial charge in [0.2, 0.25) is 5.91 Å². The maximum absolute atomic E-state index is 12.2. The zero-order chi connectivity index (χ0) is 16.2. The van der Waals surface area contributed by atoms with E-state index in [2.05, 4.69) is 10.3 Å². The van der Waals surface area contributed by atoms with Crippen LogP contribution < -0.4 is 11.0 Å². The molecule has 1 N–H and O–H groups in total. The van der Waals surface area contributed by atoms with Crippen molar-refractivity contribution in [3.8, 4) is 0 Å². The Labute approximate surface area is 133 Å². The number of aromatic nitrogens is 3. The van der Waals surface area contributed by atoms with Gasteiger partial charge in [0, 0.05) is 19.8 Å². The summed E-state index contributed by atoms with van der Waals surface area (Å²) in [6.07, 6.45) is 2.39. The fraction of sp³-hybridized carbons (Fsp3) is 0.235. The minimum Gasteiger partial charge on any atom is -0.354 e. The molecular formula is C17H18N4O2. The number of imidazole rings is 1. The summed E-state index contributed by atoms with van der Waals surface area (Å²) < 4.78 is 2.90. The van der Waals surface area contributed by atoms with E-state index in [1.165, 1.54) is 14.7 Å². The predicted octanol–water partition coefficient (Wildman–Crippen LogP) is 1.09. The van der Waals surface area contributed by atoms with Crippen molar-refractivity contribution < 1.29 is 4.79 Å². The van der Waals surface area contributed by atoms with Gasteiger partial charge in [-0.1, -0.05) is 30.3 Å². The van der Waals surface area contributed by atoms with Crippen LogP contribution in [0.15, 0.2) is 53.5 Å². The van der Waals surface area contributed by atoms with Crippen LogP contribution in [0.5, 0.6) is 0 Å². The second kappa shape index (κ2) is 6.48. The summed E-state index contributed by atoms with van der Waals surface area (Å²) in [6.45, 7) is 0.539. The third-order valence-corrected chi connectivity index (χ3v) is 3.77. The molecule has 0 bridgehead atoms. The average molecular weight is 310 g/mol. The van der Waals surface area contributed by atoms with E-state index in [0.717, 1.165) is 6.42 Å². The quantitative estimate of drug-likeness (QED) is 0.767. The van der Waals surface area contributed by atoms with Gasteiger partial charge in [0.05, 0.1) is 5.52 Å². The van der Waals surface area contributed by atoms with Crippen LogP contribution >= 0.6 is 0 Å². The van der Waals surface area contributed by atoms with Gasteiger partial charge in [-0.15, -0.1) is 0 Å². The van der Waals surface area contributed by atoms with Gasteiger partial charge in [-0.2, -0.15) is 0 Å². The second-order valence-corrected chi connectivity index (χ2v) is 5.36. The molecule has 3 aromatic rings. The first kappa shape index (κ1) is 15.0. The maximum Gasteiger partial charge on any atom is 0.330 e. The van der Waals surface area contributed by atoms with Gasteiger partial charge in [-0.05, 0) is 24.1 Å². The molecule has 0 unspecified atom stereocenters. The first-order chi connectivity index (χ1) is 11.2. The lowest BCUT2D eigenvalue weighted by atomic mass is 10.1. The molecule has 118 valence electrons. The third kappa shape index (κ3) is 3.15. The number of pyridine rings is 1. The molecule has 2 heterocycles. The minimum atomic E-state index is -0.239. The van der Waals surface area contributed by atoms with Gasteiger partial charge in [-0.25, -0.2) is 9.78 Å². The van der Waals surface area contributed by atoms with Crippen LogP contribution in [0.3, 0.4) is 0 Å². The van der Waals surface area contributed by atoms with Crippen LogP contribution in [0.4, 0.5) is 0 Å². The molecule has 0 saturated heterocycles. The molecule has 23 heavy (non-hydrogen) atoms. The summed E-state index contributed by atoms with van der Waals surface area (Å²) in [5, 5.41) is 2.85. The zero-order valence-corrected chi connectivity index (χ0v) is 12.9. The van der Waals surface area contributed by atoms with E-state index in [1.807, 2.05) is 30.3 Å². The predicted molar refractivity (Wildman–Crippen MR) is 88.1 cm³/mol. The molecule has 0 spiro atoms. The number of nitrogens with zero attached hydrogens (tertiary/aromatic N) is 3. The van der Waals surface area contributed by atoms with Crippen molar-refractivity contribution in [1.29, 1.82) is 0 Å². The smallest absolute Gasteiger partial charge is 0.330 e. The molecule has 0 aliphatic carbocycles. The number of carbonyl (C=O) groups excluding carboxylic acids is 1. The number of hydrogen-bond acceptors (Lipinski definition) is 3. The third-order valence-electron chi connectivity index (χ3n) is 3.77. The highest BCUT2D eigenvalue weighted by Crippen LogP contribution is 2.08. The van der Waals surface area contributed by atoms with E-state index in [1.54, 1.807) is 25.4 Å². The number of nitrogens with one attached hydrogen (secondary N) is 1. The van der Waals surface area contributed by atoms with Crippen LogP contribution in [-0.2, 0) is 24.8 Å². The van der Waals surface area contributed by atoms with Gasteiger partial charge < -0.3 is 5.32 Å². The van der Waals surface area contributed by atoms with E-state index in [0.29, 0.717) is 17.7 Å². The fourth-order valence-corrected chi connectivity index (χ4v) is 2.58. The van der Waals surface area contributed by atoms with Crippen molar-refractivity contribution in [1.82, 2.24) is 19.4 Å². The summed E-state index contributed by atoms with van der Waals surface area (Å²) in [6, 6.07) is 13.5. The Bertz CT molecular complexity index is 880. The van der Waals surface area contributed by atoms with E-state index in [-0.39, 0.29) is 18.1 Å². The second-order valence-electron chi connectivity index (χ2n) is 5.36. The Hall–Kier alpha value is -2.89. The average Bonchev–Trinajstić information content (AvgIpc) is 2.81. The zero-order valence-electron chi connectivity index (χ0n) is 12.9. The van der Waals surface area contributed by atoms with Gasteiger partial charge in [-0.3, -0.25) is 13.9 Å². The van der Waals surface area contributed by atoms with Gasteiger partial charge >= 0.3 is 5.69 Å². The van der Waals surface area contributed by atoms with Crippen molar-refractivity contribution >= 4 is 17.1 Å². The van der Waals surface area contributed by atoms with Crippen LogP contribution in [0.25, 0.3) is 11.2 Å². The summed E-state index contributed by atoms with van der Waals surface area (Å²) in [4.78, 5) is 28.5. The SMILES string of the molecule is Cn1c(=O)n(CC(=O)NCCc2ccccc2)c2cccnc21. The Morgan fingerprint density at radius 3 is 2.74 bits per heavy atom. The molecule has 0 radical (unpaired) electrons. The Kier molecular flexibility index (Phi) is 4.23. The minimum absolute atomic E-state index is 0.00332. The van der Waals surface area contributed by atoms with Gasteiger partial charge in [0.25, 0.3) is 0 Å². The largest absolute Gasteiger partial charge is 0.354 e. The van der Waals surface area contributed by atoms with Crippen LogP contribution in [0.1, 0.15) is 5.56 Å². The van der Waals surface area contributed by atoms with Crippen LogP contribution in [0, 0.1) is 0 Å². The normalized spacial score (nSPS) is 10.8. The lowest BCUT2D eigenvalue weighted by molar-refractivity contribution is -0.121. The fourth-order valence-electron chi connectivity index (χ4n) is 2.58. The summed E-state index contributed by atoms with van der Waals surface area (Å²) in [7, 11) is 1.65. The van der Waals surface area contributed by atoms with Crippen LogP contribution in [-0.4, -0.2) is 26.6 Å². The number of amides is 1. The Balaban J connectivity index is 1.67. The molecule has 1 aromatic carbocycles. The number of rotatable bonds is 5. The molecule has 6 nitrogen and oxygen atoms in total. The molecule has 0 fully saturated rings. The molecule has 2 aromatic heterocycles. The van der Waals surface area contributed by atoms with Crippen molar-refractivity contribution in [2.75, 3.05) is 6.54 Å². The molecule has 3 rings (SSSR count). The molecular weight excluding hydrogens is 292 g/mol. The molecule has 0 aliphatic heterocycles. The molecule has 0 aliphatic rings. The topological polar surface area (TPSA) is 68.9 Å². The van der Waals surface area contributed by atoms with Crippen molar-refractivity contribution in [2.24, 2.45) is 7.05 Å². The van der Waals surface area contributed by atoms with Gasteiger partial charge in [0.1, 0.15) is 6.54 Å². The van der Waals surface area contributed by atoms with E-state index < -0.39 is 0 Å². The van der Waals surface area contributed by atoms with E-state index in [4.69, 9.17) is 0 Å². The molecule has 0 atom stereocenters. The molecule has 6 heteroatoms. The highest BCUT2D eigenvalue weighted by atomic mass is 16.2. The van der Waals surface area contributed by atoms with E-state index >= 15 is 0 Å². The first-order valence-corrected chi connectivity index (χ1v) is 7.47. The summed E-state index contributed by atoms with van der Waals surface area (Å²) >= 11 is 0. The highest BCUT2D eigenvalue weighted by molar-refractivity contribution is 5.79. The number of carbonyl (C=O) groups is 1. The molecule has 1 amide bonds. The standard InChI is InChI=1S/C17H18N4O2/c1-20-16-14(8-5-10-19-16)21(17(20)23)12-15(22)18-11-9-13-6-3-2-4-7-13/h2-8,10H,9,11-12H2,1H3,(H,18,22). The van der Waals surface area contributed by atoms with E-state index in [9.17, 15) is 9.59 Å². The van der Waals surface area contributed by atoms with Crippen LogP contribution in [0.2, 0.25) is 0 Å². The van der Waals surface area contributed by atoms with Crippen molar-refractivity contribution in [3.63, 3.8) is 0 Å².